The van der Waals surface area contributed by atoms with Crippen LogP contribution in [0.5, 0.6) is 0 Å². The molecular formula is C23H31NO4. The second-order valence-corrected chi connectivity index (χ2v) is 9.10. The normalized spacial score (nSPS) is 18.5. The van der Waals surface area contributed by atoms with Gasteiger partial charge in [0.15, 0.2) is 6.10 Å². The zero-order chi connectivity index (χ0) is 20.5. The maximum absolute atomic E-state index is 12.7. The van der Waals surface area contributed by atoms with Crippen molar-refractivity contribution in [1.82, 2.24) is 4.90 Å². The van der Waals surface area contributed by atoms with Crippen LogP contribution in [-0.4, -0.2) is 41.8 Å². The van der Waals surface area contributed by atoms with Crippen LogP contribution < -0.4 is 0 Å². The van der Waals surface area contributed by atoms with E-state index in [0.29, 0.717) is 31.5 Å². The lowest BCUT2D eigenvalue weighted by atomic mass is 9.91. The molecule has 0 aromatic heterocycles. The smallest absolute Gasteiger partial charge is 0.309 e. The Labute approximate surface area is 167 Å². The van der Waals surface area contributed by atoms with E-state index in [0.717, 1.165) is 19.3 Å². The van der Waals surface area contributed by atoms with Crippen molar-refractivity contribution in [2.24, 2.45) is 11.3 Å². The number of nitrogens with zero attached hydrogens (tertiary/aromatic N) is 1. The first kappa shape index (κ1) is 20.6. The summed E-state index contributed by atoms with van der Waals surface area (Å²) in [4.78, 5) is 39.4. The number of Topliss-reactive ketones (excluding diaryl/α,β-unsaturated/α-hetero) is 1. The number of rotatable bonds is 4. The summed E-state index contributed by atoms with van der Waals surface area (Å²) in [6.07, 6.45) is 3.59. The number of hydrogen-bond acceptors (Lipinski definition) is 4. The van der Waals surface area contributed by atoms with Crippen LogP contribution in [0.3, 0.4) is 0 Å². The molecule has 5 heteroatoms. The highest BCUT2D eigenvalue weighted by Gasteiger charge is 2.34. The van der Waals surface area contributed by atoms with Crippen LogP contribution in [0.2, 0.25) is 0 Å². The molecule has 0 bridgehead atoms. The average Bonchev–Trinajstić information content (AvgIpc) is 3.13. The van der Waals surface area contributed by atoms with Gasteiger partial charge in [-0.1, -0.05) is 32.9 Å². The number of ether oxygens (including phenoxy) is 1. The molecule has 0 saturated carbocycles. The maximum atomic E-state index is 12.7. The highest BCUT2D eigenvalue weighted by atomic mass is 16.5. The Kier molecular flexibility index (Phi) is 5.92. The summed E-state index contributed by atoms with van der Waals surface area (Å²) < 4.78 is 5.50. The number of benzene rings is 1. The van der Waals surface area contributed by atoms with E-state index in [4.69, 9.17) is 4.74 Å². The molecule has 152 valence electrons. The number of carbonyl (C=O) groups excluding carboxylic acids is 3. The van der Waals surface area contributed by atoms with Gasteiger partial charge in [-0.15, -0.1) is 0 Å². The van der Waals surface area contributed by atoms with Crippen molar-refractivity contribution in [3.05, 3.63) is 34.9 Å². The fraction of sp³-hybridized carbons (Fsp3) is 0.609. The van der Waals surface area contributed by atoms with Crippen molar-refractivity contribution in [3.63, 3.8) is 0 Å². The van der Waals surface area contributed by atoms with E-state index in [1.54, 1.807) is 6.92 Å². The number of amides is 1. The number of esters is 1. The standard InChI is InChI=1S/C23H31NO4/c1-15(20(25)19-9-8-16-6-5-7-18(16)14-19)28-21(26)17-10-12-24(13-11-17)22(27)23(2,3)4/h8-9,14-15,17H,5-7,10-13H2,1-4H3/t15-/m1/s1. The number of fused-ring (bicyclic) bond motifs is 1. The largest absolute Gasteiger partial charge is 0.454 e. The highest BCUT2D eigenvalue weighted by molar-refractivity contribution is 6.00. The summed E-state index contributed by atoms with van der Waals surface area (Å²) in [7, 11) is 0. The van der Waals surface area contributed by atoms with Gasteiger partial charge in [0, 0.05) is 24.1 Å². The van der Waals surface area contributed by atoms with Crippen LogP contribution >= 0.6 is 0 Å². The lowest BCUT2D eigenvalue weighted by molar-refractivity contribution is -0.155. The molecule has 1 heterocycles. The number of piperidine rings is 1. The summed E-state index contributed by atoms with van der Waals surface area (Å²) in [6.45, 7) is 8.48. The molecule has 1 aromatic rings. The summed E-state index contributed by atoms with van der Waals surface area (Å²) >= 11 is 0. The number of likely N-dealkylation sites (tertiary alicyclic amines) is 1. The molecule has 1 aliphatic heterocycles. The topological polar surface area (TPSA) is 63.7 Å². The fourth-order valence-corrected chi connectivity index (χ4v) is 4.08. The fourth-order valence-electron chi connectivity index (χ4n) is 4.08. The molecule has 1 amide bonds. The Morgan fingerprint density at radius 2 is 1.71 bits per heavy atom. The molecule has 0 N–H and O–H groups in total. The average molecular weight is 386 g/mol. The number of ketones is 1. The van der Waals surface area contributed by atoms with Gasteiger partial charge in [-0.2, -0.15) is 0 Å². The zero-order valence-corrected chi connectivity index (χ0v) is 17.4. The van der Waals surface area contributed by atoms with E-state index in [1.165, 1.54) is 11.1 Å². The van der Waals surface area contributed by atoms with Gasteiger partial charge in [0.1, 0.15) is 0 Å². The quantitative estimate of drug-likeness (QED) is 0.587. The van der Waals surface area contributed by atoms with Crippen molar-refractivity contribution >= 4 is 17.7 Å². The maximum Gasteiger partial charge on any atom is 0.309 e. The Hall–Kier alpha value is -2.17. The van der Waals surface area contributed by atoms with Crippen molar-refractivity contribution < 1.29 is 19.1 Å². The van der Waals surface area contributed by atoms with E-state index in [1.807, 2.05) is 43.9 Å². The highest BCUT2D eigenvalue weighted by Crippen LogP contribution is 2.26. The van der Waals surface area contributed by atoms with Gasteiger partial charge in [-0.05, 0) is 56.2 Å². The van der Waals surface area contributed by atoms with Gasteiger partial charge in [0.25, 0.3) is 0 Å². The molecule has 2 aliphatic rings. The first-order valence-corrected chi connectivity index (χ1v) is 10.3. The second kappa shape index (κ2) is 8.06. The summed E-state index contributed by atoms with van der Waals surface area (Å²) in [5, 5.41) is 0. The molecule has 1 aromatic carbocycles. The van der Waals surface area contributed by atoms with Crippen LogP contribution in [0.1, 0.15) is 68.4 Å². The van der Waals surface area contributed by atoms with Crippen molar-refractivity contribution in [1.29, 1.82) is 0 Å². The lowest BCUT2D eigenvalue weighted by Gasteiger charge is -2.35. The summed E-state index contributed by atoms with van der Waals surface area (Å²) in [5.74, 6) is -0.618. The molecule has 28 heavy (non-hydrogen) atoms. The molecule has 1 atom stereocenters. The molecule has 0 radical (unpaired) electrons. The first-order valence-electron chi connectivity index (χ1n) is 10.3. The number of hydrogen-bond donors (Lipinski definition) is 0. The lowest BCUT2D eigenvalue weighted by Crippen LogP contribution is -2.45. The predicted molar refractivity (Wildman–Crippen MR) is 107 cm³/mol. The first-order chi connectivity index (χ1) is 13.2. The van der Waals surface area contributed by atoms with Gasteiger partial charge >= 0.3 is 5.97 Å². The molecular weight excluding hydrogens is 354 g/mol. The monoisotopic (exact) mass is 385 g/mol. The molecule has 1 aliphatic carbocycles. The summed E-state index contributed by atoms with van der Waals surface area (Å²) in [5.41, 5.74) is 2.76. The van der Waals surface area contributed by atoms with Gasteiger partial charge in [0.05, 0.1) is 5.92 Å². The Morgan fingerprint density at radius 3 is 2.36 bits per heavy atom. The third kappa shape index (κ3) is 4.45. The van der Waals surface area contributed by atoms with E-state index in [9.17, 15) is 14.4 Å². The van der Waals surface area contributed by atoms with Gasteiger partial charge in [-0.3, -0.25) is 14.4 Å². The molecule has 1 fully saturated rings. The zero-order valence-electron chi connectivity index (χ0n) is 17.4. The Bertz CT molecular complexity index is 769. The number of carbonyl (C=O) groups is 3. The van der Waals surface area contributed by atoms with Gasteiger partial charge < -0.3 is 9.64 Å². The Morgan fingerprint density at radius 1 is 1.07 bits per heavy atom. The van der Waals surface area contributed by atoms with E-state index < -0.39 is 11.5 Å². The van der Waals surface area contributed by atoms with E-state index >= 15 is 0 Å². The molecule has 0 spiro atoms. The third-order valence-electron chi connectivity index (χ3n) is 5.80. The third-order valence-corrected chi connectivity index (χ3v) is 5.80. The summed E-state index contributed by atoms with van der Waals surface area (Å²) in [6, 6.07) is 5.81. The minimum atomic E-state index is -0.791. The Balaban J connectivity index is 1.53. The number of aryl methyl sites for hydroxylation is 2. The molecule has 0 unspecified atom stereocenters. The van der Waals surface area contributed by atoms with Crippen LogP contribution in [0.15, 0.2) is 18.2 Å². The van der Waals surface area contributed by atoms with Crippen molar-refractivity contribution in [2.45, 2.75) is 65.9 Å². The van der Waals surface area contributed by atoms with Crippen LogP contribution in [0.4, 0.5) is 0 Å². The molecule has 3 rings (SSSR count). The van der Waals surface area contributed by atoms with Crippen LogP contribution in [0.25, 0.3) is 0 Å². The SMILES string of the molecule is C[C@@H](OC(=O)C1CCN(C(=O)C(C)(C)C)CC1)C(=O)c1ccc2c(c1)CCC2. The molecule has 1 saturated heterocycles. The van der Waals surface area contributed by atoms with Gasteiger partial charge in [0.2, 0.25) is 11.7 Å². The van der Waals surface area contributed by atoms with E-state index in [-0.39, 0.29) is 23.6 Å². The predicted octanol–water partition coefficient (Wildman–Crippen LogP) is 3.57. The van der Waals surface area contributed by atoms with Crippen molar-refractivity contribution in [3.8, 4) is 0 Å². The minimum absolute atomic E-state index is 0.111. The minimum Gasteiger partial charge on any atom is -0.454 e. The van der Waals surface area contributed by atoms with Gasteiger partial charge in [-0.25, -0.2) is 0 Å². The molecule has 5 nitrogen and oxygen atoms in total. The second-order valence-electron chi connectivity index (χ2n) is 9.10. The van der Waals surface area contributed by atoms with Crippen LogP contribution in [-0.2, 0) is 27.2 Å². The van der Waals surface area contributed by atoms with Crippen molar-refractivity contribution in [2.75, 3.05) is 13.1 Å². The van der Waals surface area contributed by atoms with E-state index in [2.05, 4.69) is 0 Å². The van der Waals surface area contributed by atoms with Crippen LogP contribution in [0, 0.1) is 11.3 Å².